The second-order valence-electron chi connectivity index (χ2n) is 4.94. The second kappa shape index (κ2) is 5.40. The molecule has 0 bridgehead atoms. The minimum Gasteiger partial charge on any atom is -0.342 e. The molecule has 4 nitrogen and oxygen atoms in total. The fourth-order valence-electron chi connectivity index (χ4n) is 2.39. The van der Waals surface area contributed by atoms with E-state index in [0.717, 1.165) is 0 Å². The Bertz CT molecular complexity index is 704. The third-order valence-corrected chi connectivity index (χ3v) is 3.44. The molecule has 0 fully saturated rings. The van der Waals surface area contributed by atoms with Gasteiger partial charge in [-0.25, -0.2) is 0 Å². The Morgan fingerprint density at radius 2 is 1.59 bits per heavy atom. The zero-order chi connectivity index (χ0) is 16.7. The highest BCUT2D eigenvalue weighted by Gasteiger charge is 2.41. The molecule has 2 rings (SSSR count). The van der Waals surface area contributed by atoms with E-state index in [9.17, 15) is 27.6 Å². The van der Waals surface area contributed by atoms with Crippen LogP contribution in [0.25, 0.3) is 0 Å². The van der Waals surface area contributed by atoms with E-state index < -0.39 is 29.7 Å². The maximum Gasteiger partial charge on any atom is 0.471 e. The number of carbonyl (C=O) groups is 3. The quantitative estimate of drug-likeness (QED) is 0.912. The van der Waals surface area contributed by atoms with Crippen LogP contribution >= 0.6 is 0 Å². The first-order chi connectivity index (χ1) is 10.1. The molecule has 1 aromatic carbocycles. The van der Waals surface area contributed by atoms with Crippen LogP contribution in [0, 0.1) is 0 Å². The molecule has 1 unspecified atom stereocenters. The van der Waals surface area contributed by atoms with Gasteiger partial charge >= 0.3 is 12.1 Å². The van der Waals surface area contributed by atoms with Crippen LogP contribution in [0.5, 0.6) is 0 Å². The van der Waals surface area contributed by atoms with Gasteiger partial charge in [-0.05, 0) is 13.8 Å². The minimum absolute atomic E-state index is 0.0404. The van der Waals surface area contributed by atoms with E-state index in [-0.39, 0.29) is 22.3 Å². The van der Waals surface area contributed by atoms with E-state index in [0.29, 0.717) is 0 Å². The summed E-state index contributed by atoms with van der Waals surface area (Å²) in [7, 11) is 0. The molecule has 1 aliphatic carbocycles. The number of alkyl halides is 3. The van der Waals surface area contributed by atoms with E-state index in [1.54, 1.807) is 17.4 Å². The number of carbonyl (C=O) groups excluding carboxylic acids is 3. The lowest BCUT2D eigenvalue weighted by Gasteiger charge is -2.24. The first-order valence-electron chi connectivity index (χ1n) is 6.41. The highest BCUT2D eigenvalue weighted by molar-refractivity contribution is 6.27. The highest BCUT2D eigenvalue weighted by atomic mass is 19.4. The number of hydrogen-bond donors (Lipinski definition) is 1. The fourth-order valence-corrected chi connectivity index (χ4v) is 2.39. The zero-order valence-corrected chi connectivity index (χ0v) is 11.7. The molecule has 1 atom stereocenters. The topological polar surface area (TPSA) is 63.2 Å². The molecular weight excluding hydrogens is 299 g/mol. The maximum atomic E-state index is 12.4. The average Bonchev–Trinajstić information content (AvgIpc) is 2.44. The van der Waals surface area contributed by atoms with Crippen LogP contribution in [-0.2, 0) is 4.79 Å². The summed E-state index contributed by atoms with van der Waals surface area (Å²) in [6.45, 7) is 2.60. The maximum absolute atomic E-state index is 12.4. The van der Waals surface area contributed by atoms with Gasteiger partial charge in [0.15, 0.2) is 11.6 Å². The Balaban J connectivity index is 2.39. The number of rotatable bonds is 2. The molecular formula is C15H12F3NO3. The Morgan fingerprint density at radius 3 is 2.09 bits per heavy atom. The van der Waals surface area contributed by atoms with Gasteiger partial charge in [0.25, 0.3) is 0 Å². The number of fused-ring (bicyclic) bond motifs is 1. The van der Waals surface area contributed by atoms with E-state index in [1.807, 2.05) is 0 Å². The van der Waals surface area contributed by atoms with E-state index in [4.69, 9.17) is 0 Å². The molecule has 0 radical (unpaired) electrons. The molecule has 0 heterocycles. The van der Waals surface area contributed by atoms with Gasteiger partial charge in [0.1, 0.15) is 0 Å². The lowest BCUT2D eigenvalue weighted by Crippen LogP contribution is -2.45. The van der Waals surface area contributed by atoms with Crippen molar-refractivity contribution >= 4 is 17.5 Å². The number of halogens is 3. The van der Waals surface area contributed by atoms with E-state index >= 15 is 0 Å². The number of benzene rings is 1. The molecule has 1 aromatic rings. The second-order valence-corrected chi connectivity index (χ2v) is 4.94. The van der Waals surface area contributed by atoms with Crippen molar-refractivity contribution in [2.45, 2.75) is 26.1 Å². The summed E-state index contributed by atoms with van der Waals surface area (Å²) in [4.78, 5) is 35.6. The van der Waals surface area contributed by atoms with Gasteiger partial charge in [-0.3, -0.25) is 14.4 Å². The summed E-state index contributed by atoms with van der Waals surface area (Å²) in [5.41, 5.74) is 0.254. The van der Waals surface area contributed by atoms with Crippen molar-refractivity contribution in [2.75, 3.05) is 0 Å². The number of nitrogens with one attached hydrogen (secondary N) is 1. The van der Waals surface area contributed by atoms with Crippen LogP contribution in [0.15, 0.2) is 35.4 Å². The molecule has 0 spiro atoms. The predicted octanol–water partition coefficient (Wildman–Crippen LogP) is 2.45. The van der Waals surface area contributed by atoms with Crippen molar-refractivity contribution < 1.29 is 27.6 Å². The average molecular weight is 311 g/mol. The van der Waals surface area contributed by atoms with Gasteiger partial charge < -0.3 is 5.32 Å². The van der Waals surface area contributed by atoms with Crippen LogP contribution in [0.4, 0.5) is 13.2 Å². The van der Waals surface area contributed by atoms with E-state index in [2.05, 4.69) is 0 Å². The molecule has 1 N–H and O–H groups in total. The lowest BCUT2D eigenvalue weighted by atomic mass is 9.82. The Labute approximate surface area is 124 Å². The summed E-state index contributed by atoms with van der Waals surface area (Å²) in [6, 6.07) is 4.84. The summed E-state index contributed by atoms with van der Waals surface area (Å²) in [6.07, 6.45) is -5.05. The van der Waals surface area contributed by atoms with Gasteiger partial charge in [-0.15, -0.1) is 0 Å². The molecule has 0 aromatic heterocycles. The van der Waals surface area contributed by atoms with Crippen molar-refractivity contribution in [3.05, 3.63) is 46.5 Å². The number of allylic oxidation sites excluding steroid dienone is 1. The van der Waals surface area contributed by atoms with E-state index in [1.165, 1.54) is 26.0 Å². The number of Topliss-reactive ketones (excluding diaryl/α,β-unsaturated/α-hetero) is 2. The summed E-state index contributed by atoms with van der Waals surface area (Å²) < 4.78 is 36.9. The van der Waals surface area contributed by atoms with Gasteiger partial charge in [0, 0.05) is 22.3 Å². The smallest absolute Gasteiger partial charge is 0.342 e. The summed E-state index contributed by atoms with van der Waals surface area (Å²) in [5.74, 6) is -3.14. The normalized spacial score (nSPS) is 16.4. The minimum atomic E-state index is -5.05. The van der Waals surface area contributed by atoms with Crippen molar-refractivity contribution in [3.63, 3.8) is 0 Å². The van der Waals surface area contributed by atoms with Gasteiger partial charge in [0.2, 0.25) is 0 Å². The first kappa shape index (κ1) is 15.9. The standard InChI is InChI=1S/C15H12F3NO3/c1-7-11(8(2)19-14(22)15(16,17)18)13(21)10-6-4-3-5-9(10)12(7)20/h3-6,8H,1-2H3,(H,19,22). The number of hydrogen-bond acceptors (Lipinski definition) is 3. The van der Waals surface area contributed by atoms with Crippen LogP contribution in [-0.4, -0.2) is 29.7 Å². The molecule has 22 heavy (non-hydrogen) atoms. The molecule has 0 aliphatic heterocycles. The van der Waals surface area contributed by atoms with Crippen LogP contribution in [0.3, 0.4) is 0 Å². The van der Waals surface area contributed by atoms with Crippen LogP contribution in [0.1, 0.15) is 34.6 Å². The molecule has 1 aliphatic rings. The van der Waals surface area contributed by atoms with Crippen molar-refractivity contribution in [2.24, 2.45) is 0 Å². The molecule has 7 heteroatoms. The van der Waals surface area contributed by atoms with Gasteiger partial charge in [-0.2, -0.15) is 13.2 Å². The van der Waals surface area contributed by atoms with Crippen LogP contribution < -0.4 is 5.32 Å². The van der Waals surface area contributed by atoms with Crippen molar-refractivity contribution in [1.29, 1.82) is 0 Å². The zero-order valence-electron chi connectivity index (χ0n) is 11.7. The van der Waals surface area contributed by atoms with Gasteiger partial charge in [0.05, 0.1) is 6.04 Å². The molecule has 0 saturated heterocycles. The van der Waals surface area contributed by atoms with Crippen molar-refractivity contribution in [3.8, 4) is 0 Å². The SMILES string of the molecule is CC1=C(C(C)NC(=O)C(F)(F)F)C(=O)c2ccccc2C1=O. The largest absolute Gasteiger partial charge is 0.471 e. The Hall–Kier alpha value is -2.44. The summed E-state index contributed by atoms with van der Waals surface area (Å²) in [5, 5.41) is 1.71. The Morgan fingerprint density at radius 1 is 1.09 bits per heavy atom. The Kier molecular flexibility index (Phi) is 3.91. The number of ketones is 2. The molecule has 1 amide bonds. The highest BCUT2D eigenvalue weighted by Crippen LogP contribution is 2.28. The molecule has 0 saturated carbocycles. The monoisotopic (exact) mass is 311 g/mol. The lowest BCUT2D eigenvalue weighted by molar-refractivity contribution is -0.174. The number of amides is 1. The summed E-state index contributed by atoms with van der Waals surface area (Å²) >= 11 is 0. The van der Waals surface area contributed by atoms with Crippen molar-refractivity contribution in [1.82, 2.24) is 5.32 Å². The first-order valence-corrected chi connectivity index (χ1v) is 6.41. The molecule has 116 valence electrons. The van der Waals surface area contributed by atoms with Crippen LogP contribution in [0.2, 0.25) is 0 Å². The fraction of sp³-hybridized carbons (Fsp3) is 0.267. The predicted molar refractivity (Wildman–Crippen MR) is 71.5 cm³/mol. The van der Waals surface area contributed by atoms with Gasteiger partial charge in [-0.1, -0.05) is 24.3 Å². The third kappa shape index (κ3) is 2.66. The third-order valence-electron chi connectivity index (χ3n) is 3.44.